The molecule has 5 heterocycles. The summed E-state index contributed by atoms with van der Waals surface area (Å²) in [6, 6.07) is 4.56. The van der Waals surface area contributed by atoms with Crippen LogP contribution in [0.5, 0.6) is 0 Å². The van der Waals surface area contributed by atoms with Gasteiger partial charge in [0.15, 0.2) is 0 Å². The number of carbonyl (C=O) groups excluding carboxylic acids is 1. The maximum absolute atomic E-state index is 13.0. The number of piperazine rings is 1. The molecule has 11 nitrogen and oxygen atoms in total. The van der Waals surface area contributed by atoms with Gasteiger partial charge >= 0.3 is 6.18 Å². The lowest BCUT2D eigenvalue weighted by molar-refractivity contribution is -0.126. The summed E-state index contributed by atoms with van der Waals surface area (Å²) >= 11 is 1.01. The van der Waals surface area contributed by atoms with E-state index in [2.05, 4.69) is 59.3 Å². The molecule has 0 radical (unpaired) electrons. The normalized spacial score (nSPS) is 26.3. The second-order valence-electron chi connectivity index (χ2n) is 13.9. The predicted molar refractivity (Wildman–Crippen MR) is 181 cm³/mol. The first-order valence-corrected chi connectivity index (χ1v) is 18.0. The zero-order valence-electron chi connectivity index (χ0n) is 27.8. The van der Waals surface area contributed by atoms with Gasteiger partial charge in [-0.1, -0.05) is 6.92 Å². The summed E-state index contributed by atoms with van der Waals surface area (Å²) in [4.78, 5) is 30.5. The number of anilines is 2. The minimum absolute atomic E-state index is 0.0530. The molecule has 6 rings (SSSR count). The molecule has 4 atom stereocenters. The van der Waals surface area contributed by atoms with Crippen molar-refractivity contribution in [3.63, 3.8) is 0 Å². The van der Waals surface area contributed by atoms with Crippen molar-refractivity contribution in [1.29, 1.82) is 5.26 Å². The molecule has 0 bridgehead atoms. The number of hydrogen-bond acceptors (Lipinski definition) is 11. The summed E-state index contributed by atoms with van der Waals surface area (Å²) in [5.74, 6) is 2.03. The first kappa shape index (κ1) is 34.7. The average Bonchev–Trinajstić information content (AvgIpc) is 3.62. The van der Waals surface area contributed by atoms with E-state index >= 15 is 0 Å². The molecule has 2 saturated heterocycles. The van der Waals surface area contributed by atoms with Crippen molar-refractivity contribution in [1.82, 2.24) is 34.9 Å². The van der Waals surface area contributed by atoms with Crippen LogP contribution in [0.3, 0.4) is 0 Å². The van der Waals surface area contributed by atoms with Gasteiger partial charge in [0.25, 0.3) is 0 Å². The topological polar surface area (TPSA) is 130 Å². The molecule has 2 aromatic heterocycles. The quantitative estimate of drug-likeness (QED) is 0.342. The molecule has 0 spiro atoms. The van der Waals surface area contributed by atoms with Gasteiger partial charge in [-0.05, 0) is 49.7 Å². The van der Waals surface area contributed by atoms with E-state index in [1.807, 2.05) is 0 Å². The maximum atomic E-state index is 13.0. The predicted octanol–water partition coefficient (Wildman–Crippen LogP) is 3.37. The maximum Gasteiger partial charge on any atom is 0.393 e. The molecule has 4 unspecified atom stereocenters. The van der Waals surface area contributed by atoms with Gasteiger partial charge < -0.3 is 26.2 Å². The molecular weight excluding hydrogens is 641 g/mol. The largest absolute Gasteiger partial charge is 0.393 e. The number of rotatable bonds is 10. The van der Waals surface area contributed by atoms with Crippen LogP contribution in [0.2, 0.25) is 0 Å². The van der Waals surface area contributed by atoms with Gasteiger partial charge in [-0.25, -0.2) is 4.98 Å². The number of thiophene rings is 1. The number of amides is 1. The van der Waals surface area contributed by atoms with Gasteiger partial charge in [0.05, 0.1) is 18.4 Å². The van der Waals surface area contributed by atoms with Gasteiger partial charge in [0.2, 0.25) is 11.9 Å². The number of allylic oxidation sites excluding steroid dienone is 1. The molecule has 2 aromatic rings. The van der Waals surface area contributed by atoms with Gasteiger partial charge in [-0.2, -0.15) is 23.4 Å². The number of nitrogen functional groups attached to an aromatic ring is 1. The molecule has 4 aliphatic rings. The van der Waals surface area contributed by atoms with Crippen molar-refractivity contribution >= 4 is 39.2 Å². The Hall–Kier alpha value is -3.19. The van der Waals surface area contributed by atoms with Crippen molar-refractivity contribution in [3.8, 4) is 6.07 Å². The van der Waals surface area contributed by atoms with Crippen LogP contribution in [0, 0.1) is 29.1 Å². The minimum atomic E-state index is -4.28. The number of nitrogens with zero attached hydrogens (tertiary/aromatic N) is 7. The van der Waals surface area contributed by atoms with Crippen LogP contribution < -0.4 is 16.4 Å². The first-order valence-electron chi connectivity index (χ1n) is 17.1. The molecular formula is C33H47F3N10OS. The fourth-order valence-corrected chi connectivity index (χ4v) is 9.17. The van der Waals surface area contributed by atoms with Gasteiger partial charge in [0, 0.05) is 88.8 Å². The first-order chi connectivity index (χ1) is 23.0. The summed E-state index contributed by atoms with van der Waals surface area (Å²) in [5, 5.41) is 16.8. The number of likely N-dealkylation sites (tertiary alicyclic amines) is 1. The van der Waals surface area contributed by atoms with Crippen molar-refractivity contribution in [3.05, 3.63) is 22.7 Å². The molecule has 15 heteroatoms. The van der Waals surface area contributed by atoms with Crippen LogP contribution >= 0.6 is 11.3 Å². The summed E-state index contributed by atoms with van der Waals surface area (Å²) in [7, 11) is 1.67. The van der Waals surface area contributed by atoms with E-state index in [-0.39, 0.29) is 22.8 Å². The highest BCUT2D eigenvalue weighted by atomic mass is 32.1. The van der Waals surface area contributed by atoms with E-state index in [9.17, 15) is 23.2 Å². The summed E-state index contributed by atoms with van der Waals surface area (Å²) < 4.78 is 39.0. The fourth-order valence-electron chi connectivity index (χ4n) is 8.10. The van der Waals surface area contributed by atoms with Crippen molar-refractivity contribution < 1.29 is 18.0 Å². The lowest BCUT2D eigenvalue weighted by atomic mass is 9.70. The molecule has 3 aliphatic heterocycles. The molecule has 262 valence electrons. The van der Waals surface area contributed by atoms with Gasteiger partial charge in [-0.3, -0.25) is 14.6 Å². The van der Waals surface area contributed by atoms with E-state index in [0.717, 1.165) is 102 Å². The third-order valence-electron chi connectivity index (χ3n) is 10.8. The van der Waals surface area contributed by atoms with Gasteiger partial charge in [0.1, 0.15) is 22.4 Å². The third-order valence-corrected chi connectivity index (χ3v) is 11.9. The fraction of sp³-hybridized carbons (Fsp3) is 0.697. The second kappa shape index (κ2) is 14.7. The number of alkyl halides is 3. The van der Waals surface area contributed by atoms with Crippen LogP contribution in [-0.2, 0) is 11.2 Å². The second-order valence-corrected chi connectivity index (χ2v) is 15.0. The molecule has 0 aromatic carbocycles. The Morgan fingerprint density at radius 2 is 1.79 bits per heavy atom. The number of likely N-dealkylation sites (N-methyl/N-ethyl adjacent to an activating group) is 1. The van der Waals surface area contributed by atoms with E-state index in [4.69, 9.17) is 5.73 Å². The highest BCUT2D eigenvalue weighted by Crippen LogP contribution is 2.44. The number of nitriles is 1. The SMILES string of the molecule is CNC(=O)CN1CCN(CCN2C(C#N)=CC3C(C)C(CN4CCC(Nc5nc(N)nc6sc(CC(F)(F)F)cc56)CC4)CCC32)CC1. The van der Waals surface area contributed by atoms with Crippen LogP contribution in [0.15, 0.2) is 17.8 Å². The molecule has 1 aliphatic carbocycles. The standard InChI is InChI=1S/C33H47F3N10OS/c1-21-22(3-4-28-26(21)15-24(18-37)46(28)14-13-43-9-11-45(12-10-43)20-29(47)39-2)19-44-7-5-23(6-8-44)40-30-27-16-25(17-33(34,35)36)48-31(27)42-32(38)41-30/h15-16,21-23,26,28H,3-14,17,19-20H2,1-2H3,(H,39,47)(H3,38,40,41,42). The number of fused-ring (bicyclic) bond motifs is 2. The number of halogens is 3. The van der Waals surface area contributed by atoms with Crippen LogP contribution in [0.1, 0.15) is 37.5 Å². The Kier molecular flexibility index (Phi) is 10.6. The number of carbonyl (C=O) groups is 1. The van der Waals surface area contributed by atoms with Crippen molar-refractivity contribution in [2.24, 2.45) is 17.8 Å². The number of hydrogen-bond donors (Lipinski definition) is 3. The zero-order valence-corrected chi connectivity index (χ0v) is 28.6. The highest BCUT2D eigenvalue weighted by Gasteiger charge is 2.44. The number of piperidine rings is 1. The Morgan fingerprint density at radius 3 is 2.48 bits per heavy atom. The third kappa shape index (κ3) is 8.15. The van der Waals surface area contributed by atoms with E-state index < -0.39 is 12.6 Å². The van der Waals surface area contributed by atoms with Crippen LogP contribution in [0.25, 0.3) is 10.2 Å². The Bertz CT molecular complexity index is 1510. The molecule has 1 amide bonds. The number of nitrogens with two attached hydrogens (primary N) is 1. The minimum Gasteiger partial charge on any atom is -0.368 e. The van der Waals surface area contributed by atoms with Gasteiger partial charge in [-0.15, -0.1) is 11.3 Å². The van der Waals surface area contributed by atoms with E-state index in [1.54, 1.807) is 7.05 Å². The monoisotopic (exact) mass is 688 g/mol. The van der Waals surface area contributed by atoms with E-state index in [1.165, 1.54) is 6.07 Å². The smallest absolute Gasteiger partial charge is 0.368 e. The van der Waals surface area contributed by atoms with E-state index in [0.29, 0.717) is 46.4 Å². The number of nitrogens with one attached hydrogen (secondary N) is 2. The Labute approximate surface area is 284 Å². The summed E-state index contributed by atoms with van der Waals surface area (Å²) in [5.41, 5.74) is 6.73. The lowest BCUT2D eigenvalue weighted by Crippen LogP contribution is -2.51. The van der Waals surface area contributed by atoms with Crippen molar-refractivity contribution in [2.45, 2.75) is 57.3 Å². The molecule has 3 fully saturated rings. The lowest BCUT2D eigenvalue weighted by Gasteiger charge is -2.44. The zero-order chi connectivity index (χ0) is 34.0. The van der Waals surface area contributed by atoms with Crippen LogP contribution in [0.4, 0.5) is 24.9 Å². The molecule has 48 heavy (non-hydrogen) atoms. The molecule has 4 N–H and O–H groups in total. The van der Waals surface area contributed by atoms with Crippen molar-refractivity contribution in [2.75, 3.05) is 83.5 Å². The summed E-state index contributed by atoms with van der Waals surface area (Å²) in [6.07, 6.45) is 1.00. The molecule has 1 saturated carbocycles. The van der Waals surface area contributed by atoms with Crippen LogP contribution in [-0.4, -0.2) is 126 Å². The highest BCUT2D eigenvalue weighted by molar-refractivity contribution is 7.18. The Balaban J connectivity index is 0.979. The number of aromatic nitrogens is 2. The summed E-state index contributed by atoms with van der Waals surface area (Å²) in [6.45, 7) is 11.1. The average molecular weight is 689 g/mol. The Morgan fingerprint density at radius 1 is 1.06 bits per heavy atom.